The van der Waals surface area contributed by atoms with Gasteiger partial charge in [-0.2, -0.15) is 0 Å². The highest BCUT2D eigenvalue weighted by Crippen LogP contribution is 2.20. The lowest BCUT2D eigenvalue weighted by Crippen LogP contribution is -2.35. The van der Waals surface area contributed by atoms with Crippen molar-refractivity contribution in [2.24, 2.45) is 0 Å². The van der Waals surface area contributed by atoms with Gasteiger partial charge in [0.25, 0.3) is 0 Å². The van der Waals surface area contributed by atoms with Crippen molar-refractivity contribution in [1.29, 1.82) is 0 Å². The third-order valence-corrected chi connectivity index (χ3v) is 3.93. The number of aromatic nitrogens is 2. The first kappa shape index (κ1) is 14.4. The lowest BCUT2D eigenvalue weighted by atomic mass is 10.2. The van der Waals surface area contributed by atoms with Crippen LogP contribution in [0.4, 0.5) is 0 Å². The molecule has 2 aromatic rings. The Morgan fingerprint density at radius 2 is 2.32 bits per heavy atom. The summed E-state index contributed by atoms with van der Waals surface area (Å²) in [6.07, 6.45) is 0. The molecule has 1 aromatic carbocycles. The maximum atomic E-state index is 5.21. The molecule has 4 nitrogen and oxygen atoms in total. The van der Waals surface area contributed by atoms with Crippen molar-refractivity contribution in [2.45, 2.75) is 25.0 Å². The number of thioether (sulfide) groups is 1. The minimum absolute atomic E-state index is 0.356. The zero-order valence-electron chi connectivity index (χ0n) is 11.7. The summed E-state index contributed by atoms with van der Waals surface area (Å²) in [5.74, 6) is 0.945. The number of aryl methyl sites for hydroxylation is 1. The number of nitrogens with one attached hydrogen (secondary N) is 2. The molecule has 0 saturated heterocycles. The van der Waals surface area contributed by atoms with E-state index in [4.69, 9.17) is 4.74 Å². The second kappa shape index (κ2) is 6.93. The first-order valence-corrected chi connectivity index (χ1v) is 7.53. The van der Waals surface area contributed by atoms with E-state index in [2.05, 4.69) is 47.3 Å². The van der Waals surface area contributed by atoms with E-state index in [-0.39, 0.29) is 0 Å². The number of fused-ring (bicyclic) bond motifs is 1. The van der Waals surface area contributed by atoms with Gasteiger partial charge in [-0.05, 0) is 31.2 Å². The van der Waals surface area contributed by atoms with Gasteiger partial charge in [0.15, 0.2) is 5.16 Å². The zero-order valence-corrected chi connectivity index (χ0v) is 12.5. The van der Waals surface area contributed by atoms with Crippen LogP contribution < -0.4 is 5.32 Å². The molecule has 2 rings (SSSR count). The molecule has 1 aromatic heterocycles. The standard InChI is InChI=1S/C14H21N3OS/c1-4-15-11(8-18-3)9-19-14-16-12-6-5-10(2)7-13(12)17-14/h5-7,11,15H,4,8-9H2,1-3H3,(H,16,17). The number of rotatable bonds is 7. The molecular formula is C14H21N3OS. The smallest absolute Gasteiger partial charge is 0.166 e. The Labute approximate surface area is 118 Å². The molecule has 0 fully saturated rings. The first-order chi connectivity index (χ1) is 9.22. The van der Waals surface area contributed by atoms with Gasteiger partial charge < -0.3 is 15.0 Å². The number of benzene rings is 1. The first-order valence-electron chi connectivity index (χ1n) is 6.54. The van der Waals surface area contributed by atoms with E-state index in [1.165, 1.54) is 5.56 Å². The number of methoxy groups -OCH3 is 1. The summed E-state index contributed by atoms with van der Waals surface area (Å²) in [6.45, 7) is 5.87. The van der Waals surface area contributed by atoms with Gasteiger partial charge in [0.05, 0.1) is 17.6 Å². The highest BCUT2D eigenvalue weighted by molar-refractivity contribution is 7.99. The number of H-pyrrole nitrogens is 1. The molecule has 0 aliphatic heterocycles. The summed E-state index contributed by atoms with van der Waals surface area (Å²) in [6, 6.07) is 6.63. The summed E-state index contributed by atoms with van der Waals surface area (Å²) in [4.78, 5) is 7.94. The van der Waals surface area contributed by atoms with Crippen molar-refractivity contribution in [3.8, 4) is 0 Å². The molecule has 1 heterocycles. The SMILES string of the molecule is CCNC(COC)CSc1nc2ccc(C)cc2[nH]1. The van der Waals surface area contributed by atoms with Crippen molar-refractivity contribution >= 4 is 22.8 Å². The molecule has 19 heavy (non-hydrogen) atoms. The number of aromatic amines is 1. The number of nitrogens with zero attached hydrogens (tertiary/aromatic N) is 1. The van der Waals surface area contributed by atoms with Crippen LogP contribution in [0, 0.1) is 6.92 Å². The molecule has 0 aliphatic rings. The van der Waals surface area contributed by atoms with Crippen molar-refractivity contribution in [1.82, 2.24) is 15.3 Å². The van der Waals surface area contributed by atoms with Crippen LogP contribution in [0.1, 0.15) is 12.5 Å². The molecule has 0 bridgehead atoms. The monoisotopic (exact) mass is 279 g/mol. The van der Waals surface area contributed by atoms with Gasteiger partial charge >= 0.3 is 0 Å². The molecule has 1 atom stereocenters. The second-order valence-electron chi connectivity index (χ2n) is 4.58. The van der Waals surface area contributed by atoms with E-state index < -0.39 is 0 Å². The lowest BCUT2D eigenvalue weighted by molar-refractivity contribution is 0.174. The van der Waals surface area contributed by atoms with Gasteiger partial charge in [-0.15, -0.1) is 0 Å². The van der Waals surface area contributed by atoms with E-state index in [1.54, 1.807) is 18.9 Å². The van der Waals surface area contributed by atoms with Crippen LogP contribution in [-0.4, -0.2) is 42.0 Å². The Kier molecular flexibility index (Phi) is 5.24. The molecular weight excluding hydrogens is 258 g/mol. The number of ether oxygens (including phenoxy) is 1. The number of hydrogen-bond acceptors (Lipinski definition) is 4. The largest absolute Gasteiger partial charge is 0.383 e. The summed E-state index contributed by atoms with van der Waals surface area (Å²) in [7, 11) is 1.74. The van der Waals surface area contributed by atoms with E-state index in [0.717, 1.165) is 35.1 Å². The quantitative estimate of drug-likeness (QED) is 0.765. The number of hydrogen-bond donors (Lipinski definition) is 2. The fourth-order valence-electron chi connectivity index (χ4n) is 2.00. The van der Waals surface area contributed by atoms with Gasteiger partial charge in [0.1, 0.15) is 0 Å². The van der Waals surface area contributed by atoms with Crippen LogP contribution in [0.2, 0.25) is 0 Å². The molecule has 0 saturated carbocycles. The highest BCUT2D eigenvalue weighted by Gasteiger charge is 2.10. The maximum absolute atomic E-state index is 5.21. The normalized spacial score (nSPS) is 13.0. The summed E-state index contributed by atoms with van der Waals surface area (Å²) in [5, 5.41) is 4.38. The van der Waals surface area contributed by atoms with E-state index in [9.17, 15) is 0 Å². The van der Waals surface area contributed by atoms with Crippen molar-refractivity contribution in [3.05, 3.63) is 23.8 Å². The summed E-state index contributed by atoms with van der Waals surface area (Å²) >= 11 is 1.73. The average Bonchev–Trinajstić information content (AvgIpc) is 2.78. The Balaban J connectivity index is 2.00. The van der Waals surface area contributed by atoms with Gasteiger partial charge in [0.2, 0.25) is 0 Å². The van der Waals surface area contributed by atoms with E-state index in [0.29, 0.717) is 6.04 Å². The Morgan fingerprint density at radius 1 is 1.47 bits per heavy atom. The third-order valence-electron chi connectivity index (χ3n) is 2.90. The van der Waals surface area contributed by atoms with E-state index >= 15 is 0 Å². The van der Waals surface area contributed by atoms with Gasteiger partial charge in [-0.3, -0.25) is 0 Å². The van der Waals surface area contributed by atoms with Crippen LogP contribution >= 0.6 is 11.8 Å². The predicted molar refractivity (Wildman–Crippen MR) is 80.9 cm³/mol. The average molecular weight is 279 g/mol. The summed E-state index contributed by atoms with van der Waals surface area (Å²) in [5.41, 5.74) is 3.38. The second-order valence-corrected chi connectivity index (χ2v) is 5.59. The van der Waals surface area contributed by atoms with Gasteiger partial charge in [-0.25, -0.2) is 4.98 Å². The van der Waals surface area contributed by atoms with E-state index in [1.807, 2.05) is 0 Å². The predicted octanol–water partition coefficient (Wildman–Crippen LogP) is 2.59. The van der Waals surface area contributed by atoms with Gasteiger partial charge in [-0.1, -0.05) is 24.8 Å². The van der Waals surface area contributed by atoms with Crippen LogP contribution in [-0.2, 0) is 4.74 Å². The molecule has 0 spiro atoms. The molecule has 2 N–H and O–H groups in total. The van der Waals surface area contributed by atoms with Crippen LogP contribution in [0.15, 0.2) is 23.4 Å². The minimum Gasteiger partial charge on any atom is -0.383 e. The van der Waals surface area contributed by atoms with Crippen molar-refractivity contribution < 1.29 is 4.74 Å². The molecule has 0 radical (unpaired) electrons. The Hall–Kier alpha value is -1.04. The van der Waals surface area contributed by atoms with Gasteiger partial charge in [0, 0.05) is 18.9 Å². The maximum Gasteiger partial charge on any atom is 0.166 e. The molecule has 0 amide bonds. The van der Waals surface area contributed by atoms with Crippen molar-refractivity contribution in [2.75, 3.05) is 26.0 Å². The Bertz CT molecular complexity index is 520. The topological polar surface area (TPSA) is 49.9 Å². The highest BCUT2D eigenvalue weighted by atomic mass is 32.2. The molecule has 0 aliphatic carbocycles. The zero-order chi connectivity index (χ0) is 13.7. The number of imidazole rings is 1. The number of likely N-dealkylation sites (N-methyl/N-ethyl adjacent to an activating group) is 1. The molecule has 5 heteroatoms. The van der Waals surface area contributed by atoms with Crippen molar-refractivity contribution in [3.63, 3.8) is 0 Å². The lowest BCUT2D eigenvalue weighted by Gasteiger charge is -2.15. The summed E-state index contributed by atoms with van der Waals surface area (Å²) < 4.78 is 5.21. The van der Waals surface area contributed by atoms with Crippen LogP contribution in [0.25, 0.3) is 11.0 Å². The van der Waals surface area contributed by atoms with Crippen LogP contribution in [0.3, 0.4) is 0 Å². The third kappa shape index (κ3) is 3.96. The fourth-order valence-corrected chi connectivity index (χ4v) is 2.92. The minimum atomic E-state index is 0.356. The Morgan fingerprint density at radius 3 is 3.05 bits per heavy atom. The molecule has 1 unspecified atom stereocenters. The van der Waals surface area contributed by atoms with Crippen LogP contribution in [0.5, 0.6) is 0 Å². The fraction of sp³-hybridized carbons (Fsp3) is 0.500. The molecule has 104 valence electrons.